The Bertz CT molecular complexity index is 459. The van der Waals surface area contributed by atoms with Crippen LogP contribution in [0.3, 0.4) is 0 Å². The number of carbonyl (C=O) groups is 1. The van der Waals surface area contributed by atoms with E-state index in [1.807, 2.05) is 13.8 Å². The normalized spacial score (nSPS) is 22.3. The van der Waals surface area contributed by atoms with Crippen molar-refractivity contribution in [2.45, 2.75) is 25.6 Å². The molecule has 1 unspecified atom stereocenters. The average Bonchev–Trinajstić information content (AvgIpc) is 2.37. The molecule has 3 N–H and O–H groups in total. The lowest BCUT2D eigenvalue weighted by Gasteiger charge is -2.42. The summed E-state index contributed by atoms with van der Waals surface area (Å²) < 4.78 is 5.68. The fraction of sp³-hybridized carbons (Fsp3) is 0.538. The molecule has 2 rings (SSSR count). The molecule has 1 amide bonds. The van der Waals surface area contributed by atoms with Gasteiger partial charge in [0.25, 0.3) is 5.91 Å². The first-order chi connectivity index (χ1) is 8.91. The van der Waals surface area contributed by atoms with Crippen molar-refractivity contribution in [1.82, 2.24) is 9.88 Å². The van der Waals surface area contributed by atoms with Crippen molar-refractivity contribution >= 4 is 11.7 Å². The number of nitrogens with zero attached hydrogens (tertiary/aromatic N) is 2. The van der Waals surface area contributed by atoms with Crippen molar-refractivity contribution in [3.05, 3.63) is 23.9 Å². The number of aliphatic hydroxyl groups excluding tert-OH is 1. The van der Waals surface area contributed by atoms with Gasteiger partial charge in [0.2, 0.25) is 0 Å². The number of hydrogen-bond acceptors (Lipinski definition) is 5. The van der Waals surface area contributed by atoms with Crippen LogP contribution in [0.1, 0.15) is 24.2 Å². The molecule has 6 nitrogen and oxygen atoms in total. The molecule has 2 heterocycles. The summed E-state index contributed by atoms with van der Waals surface area (Å²) in [6, 6.07) is 3.25. The summed E-state index contributed by atoms with van der Waals surface area (Å²) in [6.07, 6.45) is 1.11. The molecule has 1 saturated heterocycles. The van der Waals surface area contributed by atoms with Gasteiger partial charge in [-0.15, -0.1) is 0 Å². The number of nitrogen functional groups attached to an aromatic ring is 1. The van der Waals surface area contributed by atoms with Crippen LogP contribution in [0.15, 0.2) is 18.3 Å². The van der Waals surface area contributed by atoms with Gasteiger partial charge in [0, 0.05) is 19.3 Å². The van der Waals surface area contributed by atoms with E-state index < -0.39 is 5.60 Å². The third kappa shape index (κ3) is 3.21. The molecule has 1 aromatic heterocycles. The van der Waals surface area contributed by atoms with Crippen molar-refractivity contribution < 1.29 is 14.6 Å². The van der Waals surface area contributed by atoms with Crippen LogP contribution < -0.4 is 5.73 Å². The quantitative estimate of drug-likeness (QED) is 0.801. The van der Waals surface area contributed by atoms with E-state index in [-0.39, 0.29) is 18.6 Å². The molecular formula is C13H19N3O3. The van der Waals surface area contributed by atoms with Crippen LogP contribution in [0.25, 0.3) is 0 Å². The minimum Gasteiger partial charge on any atom is -0.394 e. The van der Waals surface area contributed by atoms with Crippen LogP contribution in [-0.4, -0.2) is 52.3 Å². The highest BCUT2D eigenvalue weighted by molar-refractivity contribution is 5.94. The Hall–Kier alpha value is -1.66. The van der Waals surface area contributed by atoms with Crippen LogP contribution in [0.2, 0.25) is 0 Å². The smallest absolute Gasteiger partial charge is 0.255 e. The van der Waals surface area contributed by atoms with E-state index in [2.05, 4.69) is 4.98 Å². The average molecular weight is 265 g/mol. The molecule has 0 aromatic carbocycles. The first-order valence-corrected chi connectivity index (χ1v) is 6.21. The number of aliphatic hydroxyl groups is 1. The van der Waals surface area contributed by atoms with Gasteiger partial charge in [-0.1, -0.05) is 0 Å². The van der Waals surface area contributed by atoms with Gasteiger partial charge < -0.3 is 20.5 Å². The van der Waals surface area contributed by atoms with Crippen LogP contribution in [0.5, 0.6) is 0 Å². The predicted molar refractivity (Wildman–Crippen MR) is 70.6 cm³/mol. The van der Waals surface area contributed by atoms with Crippen molar-refractivity contribution in [2.75, 3.05) is 25.4 Å². The molecule has 0 bridgehead atoms. The monoisotopic (exact) mass is 265 g/mol. The van der Waals surface area contributed by atoms with E-state index in [9.17, 15) is 9.90 Å². The second-order valence-corrected chi connectivity index (χ2v) is 5.34. The second-order valence-electron chi connectivity index (χ2n) is 5.34. The molecule has 1 aromatic rings. The Morgan fingerprint density at radius 2 is 2.37 bits per heavy atom. The van der Waals surface area contributed by atoms with Crippen LogP contribution in [0.4, 0.5) is 5.82 Å². The van der Waals surface area contributed by atoms with Gasteiger partial charge in [-0.2, -0.15) is 0 Å². The predicted octanol–water partition coefficient (Wildman–Crippen LogP) is 0.276. The Morgan fingerprint density at radius 3 is 2.95 bits per heavy atom. The second kappa shape index (κ2) is 5.14. The highest BCUT2D eigenvalue weighted by atomic mass is 16.5. The Balaban J connectivity index is 2.16. The highest BCUT2D eigenvalue weighted by Gasteiger charge is 2.35. The minimum absolute atomic E-state index is 0.104. The first-order valence-electron chi connectivity index (χ1n) is 6.21. The lowest BCUT2D eigenvalue weighted by atomic mass is 10.0. The third-order valence-corrected chi connectivity index (χ3v) is 3.01. The number of aromatic nitrogens is 1. The number of ether oxygens (including phenoxy) is 1. The maximum Gasteiger partial charge on any atom is 0.255 e. The number of nitrogens with two attached hydrogens (primary N) is 1. The van der Waals surface area contributed by atoms with Gasteiger partial charge in [-0.3, -0.25) is 4.79 Å². The minimum atomic E-state index is -0.470. The molecule has 6 heteroatoms. The summed E-state index contributed by atoms with van der Waals surface area (Å²) in [7, 11) is 0. The standard InChI is InChI=1S/C13H19N3O3/c1-13(2)8-16(6-10(7-17)19-13)12(18)9-3-4-11(14)15-5-9/h3-5,10,17H,6-8H2,1-2H3,(H2,14,15). The molecule has 0 aliphatic carbocycles. The first kappa shape index (κ1) is 13.8. The van der Waals surface area contributed by atoms with Gasteiger partial charge in [0.15, 0.2) is 0 Å². The van der Waals surface area contributed by atoms with E-state index in [0.717, 1.165) is 0 Å². The van der Waals surface area contributed by atoms with Crippen molar-refractivity contribution in [2.24, 2.45) is 0 Å². The van der Waals surface area contributed by atoms with Gasteiger partial charge in [-0.25, -0.2) is 4.98 Å². The Labute approximate surface area is 112 Å². The van der Waals surface area contributed by atoms with Crippen LogP contribution >= 0.6 is 0 Å². The van der Waals surface area contributed by atoms with E-state index in [1.165, 1.54) is 6.20 Å². The van der Waals surface area contributed by atoms with E-state index >= 15 is 0 Å². The molecule has 1 atom stereocenters. The number of anilines is 1. The van der Waals surface area contributed by atoms with E-state index in [0.29, 0.717) is 24.5 Å². The zero-order chi connectivity index (χ0) is 14.0. The third-order valence-electron chi connectivity index (χ3n) is 3.01. The Kier molecular flexibility index (Phi) is 3.73. The van der Waals surface area contributed by atoms with Crippen molar-refractivity contribution in [3.63, 3.8) is 0 Å². The SMILES string of the molecule is CC1(C)CN(C(=O)c2ccc(N)nc2)CC(CO)O1. The summed E-state index contributed by atoms with van der Waals surface area (Å²) in [5.41, 5.74) is 5.52. The highest BCUT2D eigenvalue weighted by Crippen LogP contribution is 2.22. The largest absolute Gasteiger partial charge is 0.394 e. The summed E-state index contributed by atoms with van der Waals surface area (Å²) >= 11 is 0. The molecule has 1 aliphatic rings. The summed E-state index contributed by atoms with van der Waals surface area (Å²) in [4.78, 5) is 18.0. The maximum absolute atomic E-state index is 12.4. The van der Waals surface area contributed by atoms with Gasteiger partial charge in [0.1, 0.15) is 5.82 Å². The molecule has 0 radical (unpaired) electrons. The lowest BCUT2D eigenvalue weighted by molar-refractivity contribution is -0.139. The number of hydrogen-bond donors (Lipinski definition) is 2. The fourth-order valence-corrected chi connectivity index (χ4v) is 2.26. The topological polar surface area (TPSA) is 88.7 Å². The molecule has 1 fully saturated rings. The van der Waals surface area contributed by atoms with Crippen LogP contribution in [-0.2, 0) is 4.74 Å². The van der Waals surface area contributed by atoms with Crippen molar-refractivity contribution in [3.8, 4) is 0 Å². The summed E-state index contributed by atoms with van der Waals surface area (Å²) in [5, 5.41) is 9.24. The zero-order valence-electron chi connectivity index (χ0n) is 11.2. The molecular weight excluding hydrogens is 246 g/mol. The van der Waals surface area contributed by atoms with Gasteiger partial charge >= 0.3 is 0 Å². The Morgan fingerprint density at radius 1 is 1.63 bits per heavy atom. The molecule has 19 heavy (non-hydrogen) atoms. The number of carbonyl (C=O) groups excluding carboxylic acids is 1. The van der Waals surface area contributed by atoms with Gasteiger partial charge in [0.05, 0.1) is 23.9 Å². The summed E-state index contributed by atoms with van der Waals surface area (Å²) in [5.74, 6) is 0.259. The molecule has 104 valence electrons. The number of rotatable bonds is 2. The molecule has 0 spiro atoms. The molecule has 1 aliphatic heterocycles. The van der Waals surface area contributed by atoms with E-state index in [4.69, 9.17) is 10.5 Å². The number of morpholine rings is 1. The van der Waals surface area contributed by atoms with Crippen molar-refractivity contribution in [1.29, 1.82) is 0 Å². The van der Waals surface area contributed by atoms with Gasteiger partial charge in [-0.05, 0) is 26.0 Å². The number of amides is 1. The summed E-state index contributed by atoms with van der Waals surface area (Å²) in [6.45, 7) is 4.55. The maximum atomic E-state index is 12.4. The fourth-order valence-electron chi connectivity index (χ4n) is 2.26. The number of pyridine rings is 1. The lowest BCUT2D eigenvalue weighted by Crippen LogP contribution is -2.55. The zero-order valence-corrected chi connectivity index (χ0v) is 11.2. The van der Waals surface area contributed by atoms with E-state index in [1.54, 1.807) is 17.0 Å². The molecule has 0 saturated carbocycles. The van der Waals surface area contributed by atoms with Crippen LogP contribution in [0, 0.1) is 0 Å².